The Bertz CT molecular complexity index is 537. The number of nitrogens with zero attached hydrogens (tertiary/aromatic N) is 2. The number of aryl methyl sites for hydroxylation is 1. The van der Waals surface area contributed by atoms with Gasteiger partial charge in [-0.05, 0) is 5.56 Å². The molecule has 2 aromatic rings. The molecule has 5 nitrogen and oxygen atoms in total. The molecule has 0 bridgehead atoms. The number of rotatable bonds is 6. The molecule has 1 N–H and O–H groups in total. The van der Waals surface area contributed by atoms with Crippen molar-refractivity contribution < 1.29 is 14.6 Å². The molecule has 0 aliphatic rings. The first-order valence-corrected chi connectivity index (χ1v) is 6.04. The van der Waals surface area contributed by atoms with Crippen molar-refractivity contribution in [3.63, 3.8) is 0 Å². The highest BCUT2D eigenvalue weighted by atomic mass is 16.5. The third-order valence-electron chi connectivity index (χ3n) is 2.72. The van der Waals surface area contributed by atoms with Crippen LogP contribution >= 0.6 is 0 Å². The average molecular weight is 260 g/mol. The van der Waals surface area contributed by atoms with Gasteiger partial charge >= 0.3 is 0 Å². The maximum absolute atomic E-state index is 10.2. The van der Waals surface area contributed by atoms with Gasteiger partial charge in [-0.3, -0.25) is 4.68 Å². The zero-order valence-electron chi connectivity index (χ0n) is 10.7. The number of aldehydes is 1. The molecule has 1 heterocycles. The molecule has 2 rings (SSSR count). The van der Waals surface area contributed by atoms with Crippen LogP contribution in [0.2, 0.25) is 0 Å². The fraction of sp³-hybridized carbons (Fsp3) is 0.286. The highest BCUT2D eigenvalue weighted by molar-refractivity contribution is 5.60. The van der Waals surface area contributed by atoms with E-state index < -0.39 is 6.10 Å². The van der Waals surface area contributed by atoms with Gasteiger partial charge in [-0.1, -0.05) is 30.3 Å². The normalized spacial score (nSPS) is 12.1. The summed E-state index contributed by atoms with van der Waals surface area (Å²) in [6.07, 6.45) is -0.0556. The Hall–Kier alpha value is -2.14. The smallest absolute Gasteiger partial charge is 0.233 e. The van der Waals surface area contributed by atoms with Gasteiger partial charge in [0.05, 0.1) is 11.8 Å². The molecule has 0 aliphatic heterocycles. The van der Waals surface area contributed by atoms with Crippen molar-refractivity contribution in [3.05, 3.63) is 36.4 Å². The minimum absolute atomic E-state index is 0.0595. The summed E-state index contributed by atoms with van der Waals surface area (Å²) < 4.78 is 7.08. The molecule has 0 radical (unpaired) electrons. The van der Waals surface area contributed by atoms with Crippen LogP contribution in [0.25, 0.3) is 11.3 Å². The quantitative estimate of drug-likeness (QED) is 0.798. The molecule has 0 amide bonds. The van der Waals surface area contributed by atoms with E-state index in [2.05, 4.69) is 5.10 Å². The number of carbonyl (C=O) groups excluding carboxylic acids is 1. The minimum atomic E-state index is -0.792. The van der Waals surface area contributed by atoms with Crippen molar-refractivity contribution in [2.24, 2.45) is 7.05 Å². The fourth-order valence-electron chi connectivity index (χ4n) is 1.75. The van der Waals surface area contributed by atoms with Crippen molar-refractivity contribution in [2.45, 2.75) is 12.5 Å². The lowest BCUT2D eigenvalue weighted by Crippen LogP contribution is -2.17. The number of ether oxygens (including phenoxy) is 1. The Morgan fingerprint density at radius 2 is 2.16 bits per heavy atom. The second-order valence-corrected chi connectivity index (χ2v) is 4.22. The van der Waals surface area contributed by atoms with Crippen molar-refractivity contribution in [1.82, 2.24) is 9.78 Å². The van der Waals surface area contributed by atoms with Crippen LogP contribution in [0.3, 0.4) is 0 Å². The first-order valence-electron chi connectivity index (χ1n) is 6.04. The molecule has 100 valence electrons. The van der Waals surface area contributed by atoms with Gasteiger partial charge in [-0.2, -0.15) is 0 Å². The van der Waals surface area contributed by atoms with Gasteiger partial charge in [-0.25, -0.2) is 0 Å². The number of hydrogen-bond donors (Lipinski definition) is 1. The van der Waals surface area contributed by atoms with Crippen LogP contribution < -0.4 is 4.74 Å². The number of aromatic nitrogens is 2. The Morgan fingerprint density at radius 1 is 1.42 bits per heavy atom. The maximum atomic E-state index is 10.2. The number of aliphatic hydroxyl groups is 1. The van der Waals surface area contributed by atoms with Crippen molar-refractivity contribution in [2.75, 3.05) is 6.61 Å². The van der Waals surface area contributed by atoms with E-state index >= 15 is 0 Å². The molecule has 19 heavy (non-hydrogen) atoms. The Morgan fingerprint density at radius 3 is 2.84 bits per heavy atom. The molecule has 1 unspecified atom stereocenters. The summed E-state index contributed by atoms with van der Waals surface area (Å²) >= 11 is 0. The number of carbonyl (C=O) groups is 1. The molecular weight excluding hydrogens is 244 g/mol. The molecular formula is C14H16N2O3. The van der Waals surface area contributed by atoms with Gasteiger partial charge in [0.1, 0.15) is 12.9 Å². The van der Waals surface area contributed by atoms with Gasteiger partial charge in [-0.15, -0.1) is 5.10 Å². The van der Waals surface area contributed by atoms with Gasteiger partial charge in [0.2, 0.25) is 5.88 Å². The Balaban J connectivity index is 2.07. The van der Waals surface area contributed by atoms with Gasteiger partial charge in [0.25, 0.3) is 0 Å². The third-order valence-corrected chi connectivity index (χ3v) is 2.72. The summed E-state index contributed by atoms with van der Waals surface area (Å²) in [5, 5.41) is 13.6. The van der Waals surface area contributed by atoms with E-state index in [4.69, 9.17) is 4.74 Å². The minimum Gasteiger partial charge on any atom is -0.474 e. The van der Waals surface area contributed by atoms with Gasteiger partial charge < -0.3 is 14.6 Å². The highest BCUT2D eigenvalue weighted by Crippen LogP contribution is 2.22. The Kier molecular flexibility index (Phi) is 4.30. The number of benzene rings is 1. The maximum Gasteiger partial charge on any atom is 0.233 e. The zero-order chi connectivity index (χ0) is 13.7. The molecule has 0 saturated carbocycles. The van der Waals surface area contributed by atoms with Crippen LogP contribution in [0.4, 0.5) is 0 Å². The lowest BCUT2D eigenvalue weighted by molar-refractivity contribution is -0.109. The van der Waals surface area contributed by atoms with E-state index in [1.807, 2.05) is 43.4 Å². The second-order valence-electron chi connectivity index (χ2n) is 4.22. The second kappa shape index (κ2) is 6.15. The fourth-order valence-corrected chi connectivity index (χ4v) is 1.75. The molecule has 0 aliphatic carbocycles. The standard InChI is InChI=1S/C14H16N2O3/c1-16-13(11-5-3-2-4-6-11)9-14(15-16)19-10-12(18)7-8-17/h2-6,8-9,12,18H,7,10H2,1H3. The van der Waals surface area contributed by atoms with Crippen LogP contribution in [-0.2, 0) is 11.8 Å². The molecule has 0 saturated heterocycles. The van der Waals surface area contributed by atoms with E-state index in [9.17, 15) is 9.90 Å². The summed E-state index contributed by atoms with van der Waals surface area (Å²) in [5.74, 6) is 0.436. The van der Waals surface area contributed by atoms with Crippen LogP contribution in [-0.4, -0.2) is 33.9 Å². The van der Waals surface area contributed by atoms with Crippen LogP contribution in [0.1, 0.15) is 6.42 Å². The van der Waals surface area contributed by atoms with Crippen LogP contribution in [0.5, 0.6) is 5.88 Å². The van der Waals surface area contributed by atoms with E-state index in [0.29, 0.717) is 12.2 Å². The molecule has 0 fully saturated rings. The molecule has 5 heteroatoms. The molecule has 1 atom stereocenters. The molecule has 1 aromatic carbocycles. The largest absolute Gasteiger partial charge is 0.474 e. The molecule has 0 spiro atoms. The van der Waals surface area contributed by atoms with Gasteiger partial charge in [0.15, 0.2) is 0 Å². The first kappa shape index (κ1) is 13.3. The summed E-state index contributed by atoms with van der Waals surface area (Å²) in [7, 11) is 1.83. The topological polar surface area (TPSA) is 64.3 Å². The van der Waals surface area contributed by atoms with E-state index in [1.165, 1.54) is 0 Å². The van der Waals surface area contributed by atoms with Crippen LogP contribution in [0.15, 0.2) is 36.4 Å². The first-order chi connectivity index (χ1) is 9.20. The predicted octanol–water partition coefficient (Wildman–Crippen LogP) is 1.42. The number of aliphatic hydroxyl groups excluding tert-OH is 1. The van der Waals surface area contributed by atoms with Crippen LogP contribution in [0, 0.1) is 0 Å². The van der Waals surface area contributed by atoms with E-state index in [-0.39, 0.29) is 13.0 Å². The SMILES string of the molecule is Cn1nc(OCC(O)CC=O)cc1-c1ccccc1. The number of hydrogen-bond acceptors (Lipinski definition) is 4. The van der Waals surface area contributed by atoms with Crippen molar-refractivity contribution >= 4 is 6.29 Å². The van der Waals surface area contributed by atoms with Gasteiger partial charge in [0, 0.05) is 19.5 Å². The lowest BCUT2D eigenvalue weighted by Gasteiger charge is -2.06. The van der Waals surface area contributed by atoms with Crippen molar-refractivity contribution in [3.8, 4) is 17.1 Å². The zero-order valence-corrected chi connectivity index (χ0v) is 10.7. The summed E-state index contributed by atoms with van der Waals surface area (Å²) in [5.41, 5.74) is 1.97. The lowest BCUT2D eigenvalue weighted by atomic mass is 10.1. The monoisotopic (exact) mass is 260 g/mol. The third kappa shape index (κ3) is 3.42. The van der Waals surface area contributed by atoms with E-state index in [1.54, 1.807) is 4.68 Å². The van der Waals surface area contributed by atoms with E-state index in [0.717, 1.165) is 11.3 Å². The average Bonchev–Trinajstić information content (AvgIpc) is 2.79. The summed E-state index contributed by atoms with van der Waals surface area (Å²) in [6.45, 7) is 0.0595. The Labute approximate surface area is 111 Å². The highest BCUT2D eigenvalue weighted by Gasteiger charge is 2.10. The molecule has 1 aromatic heterocycles. The predicted molar refractivity (Wildman–Crippen MR) is 70.8 cm³/mol. The summed E-state index contributed by atoms with van der Waals surface area (Å²) in [6, 6.07) is 11.6. The van der Waals surface area contributed by atoms with Crippen molar-refractivity contribution in [1.29, 1.82) is 0 Å². The summed E-state index contributed by atoms with van der Waals surface area (Å²) in [4.78, 5) is 10.2.